The van der Waals surface area contributed by atoms with E-state index < -0.39 is 0 Å². The van der Waals surface area contributed by atoms with Crippen molar-refractivity contribution in [3.63, 3.8) is 0 Å². The molecule has 0 amide bonds. The Bertz CT molecular complexity index is 442. The summed E-state index contributed by atoms with van der Waals surface area (Å²) in [6.07, 6.45) is 0.949. The predicted octanol–water partition coefficient (Wildman–Crippen LogP) is 3.76. The third kappa shape index (κ3) is 2.66. The van der Waals surface area contributed by atoms with Crippen LogP contribution in [0, 0.1) is 6.92 Å². The minimum Gasteiger partial charge on any atom is -0.464 e. The van der Waals surface area contributed by atoms with Gasteiger partial charge in [0, 0.05) is 12.1 Å². The van der Waals surface area contributed by atoms with Crippen LogP contribution < -0.4 is 5.32 Å². The highest BCUT2D eigenvalue weighted by Crippen LogP contribution is 2.13. The Hall–Kier alpha value is -1.70. The molecule has 1 aromatic carbocycles. The summed E-state index contributed by atoms with van der Waals surface area (Å²) in [6, 6.07) is 12.4. The second-order valence-electron chi connectivity index (χ2n) is 3.94. The SMILES string of the molecule is CCc1ccc(CNc2ccc(C)cc2)o1. The molecule has 2 nitrogen and oxygen atoms in total. The van der Waals surface area contributed by atoms with Crippen molar-refractivity contribution in [1.29, 1.82) is 0 Å². The lowest BCUT2D eigenvalue weighted by molar-refractivity contribution is 0.476. The van der Waals surface area contributed by atoms with Gasteiger partial charge in [-0.05, 0) is 31.2 Å². The van der Waals surface area contributed by atoms with Gasteiger partial charge in [0.05, 0.1) is 6.54 Å². The maximum atomic E-state index is 5.62. The van der Waals surface area contributed by atoms with E-state index in [2.05, 4.69) is 43.4 Å². The van der Waals surface area contributed by atoms with Crippen molar-refractivity contribution in [3.8, 4) is 0 Å². The fourth-order valence-corrected chi connectivity index (χ4v) is 1.57. The van der Waals surface area contributed by atoms with E-state index in [1.54, 1.807) is 0 Å². The van der Waals surface area contributed by atoms with Gasteiger partial charge in [0.15, 0.2) is 0 Å². The molecule has 16 heavy (non-hydrogen) atoms. The molecule has 0 spiro atoms. The summed E-state index contributed by atoms with van der Waals surface area (Å²) < 4.78 is 5.62. The van der Waals surface area contributed by atoms with Gasteiger partial charge in [0.2, 0.25) is 0 Å². The third-order valence-corrected chi connectivity index (χ3v) is 2.58. The van der Waals surface area contributed by atoms with Crippen LogP contribution in [0.2, 0.25) is 0 Å². The zero-order valence-corrected chi connectivity index (χ0v) is 9.79. The van der Waals surface area contributed by atoms with Crippen molar-refractivity contribution in [2.24, 2.45) is 0 Å². The van der Waals surface area contributed by atoms with Crippen LogP contribution in [-0.4, -0.2) is 0 Å². The number of hydrogen-bond donors (Lipinski definition) is 1. The Kier molecular flexibility index (Phi) is 3.30. The van der Waals surface area contributed by atoms with E-state index in [-0.39, 0.29) is 0 Å². The molecule has 0 aliphatic rings. The van der Waals surface area contributed by atoms with Gasteiger partial charge in [-0.25, -0.2) is 0 Å². The van der Waals surface area contributed by atoms with E-state index >= 15 is 0 Å². The minimum atomic E-state index is 0.739. The molecule has 1 aromatic heterocycles. The van der Waals surface area contributed by atoms with Crippen LogP contribution in [0.15, 0.2) is 40.8 Å². The van der Waals surface area contributed by atoms with Gasteiger partial charge in [-0.2, -0.15) is 0 Å². The fourth-order valence-electron chi connectivity index (χ4n) is 1.57. The van der Waals surface area contributed by atoms with Crippen LogP contribution in [0.1, 0.15) is 24.0 Å². The first-order valence-corrected chi connectivity index (χ1v) is 5.66. The van der Waals surface area contributed by atoms with E-state index in [0.717, 1.165) is 30.2 Å². The number of aryl methyl sites for hydroxylation is 2. The van der Waals surface area contributed by atoms with Gasteiger partial charge in [-0.1, -0.05) is 24.6 Å². The Morgan fingerprint density at radius 2 is 1.69 bits per heavy atom. The summed E-state index contributed by atoms with van der Waals surface area (Å²) in [5.41, 5.74) is 2.40. The van der Waals surface area contributed by atoms with Crippen LogP contribution in [0.4, 0.5) is 5.69 Å². The summed E-state index contributed by atoms with van der Waals surface area (Å²) in [4.78, 5) is 0. The molecule has 2 aromatic rings. The normalized spacial score (nSPS) is 10.4. The topological polar surface area (TPSA) is 25.2 Å². The molecule has 0 unspecified atom stereocenters. The summed E-state index contributed by atoms with van der Waals surface area (Å²) in [7, 11) is 0. The quantitative estimate of drug-likeness (QED) is 0.840. The maximum Gasteiger partial charge on any atom is 0.123 e. The van der Waals surface area contributed by atoms with Gasteiger partial charge >= 0.3 is 0 Å². The van der Waals surface area contributed by atoms with E-state index in [0.29, 0.717) is 0 Å². The smallest absolute Gasteiger partial charge is 0.123 e. The molecule has 2 heteroatoms. The first kappa shape index (κ1) is 10.8. The van der Waals surface area contributed by atoms with Crippen molar-refractivity contribution in [3.05, 3.63) is 53.5 Å². The highest BCUT2D eigenvalue weighted by molar-refractivity contribution is 5.44. The minimum absolute atomic E-state index is 0.739. The number of anilines is 1. The summed E-state index contributed by atoms with van der Waals surface area (Å²) in [5, 5.41) is 3.33. The molecule has 0 bridgehead atoms. The lowest BCUT2D eigenvalue weighted by Crippen LogP contribution is -1.97. The van der Waals surface area contributed by atoms with Crippen LogP contribution in [0.25, 0.3) is 0 Å². The molecule has 1 N–H and O–H groups in total. The Morgan fingerprint density at radius 1 is 1.00 bits per heavy atom. The molecule has 2 rings (SSSR count). The average molecular weight is 215 g/mol. The van der Waals surface area contributed by atoms with Gasteiger partial charge in [-0.3, -0.25) is 0 Å². The van der Waals surface area contributed by atoms with Crippen LogP contribution in [-0.2, 0) is 13.0 Å². The zero-order chi connectivity index (χ0) is 11.4. The second-order valence-corrected chi connectivity index (χ2v) is 3.94. The first-order valence-electron chi connectivity index (χ1n) is 5.66. The standard InChI is InChI=1S/C14H17NO/c1-3-13-8-9-14(16-13)10-15-12-6-4-11(2)5-7-12/h4-9,15H,3,10H2,1-2H3. The molecule has 0 saturated heterocycles. The van der Waals surface area contributed by atoms with Crippen LogP contribution in [0.3, 0.4) is 0 Å². The molecule has 0 atom stereocenters. The lowest BCUT2D eigenvalue weighted by Gasteiger charge is -2.04. The van der Waals surface area contributed by atoms with Gasteiger partial charge in [0.25, 0.3) is 0 Å². The molecule has 84 valence electrons. The summed E-state index contributed by atoms with van der Waals surface area (Å²) >= 11 is 0. The van der Waals surface area contributed by atoms with E-state index in [1.807, 2.05) is 12.1 Å². The maximum absolute atomic E-state index is 5.62. The van der Waals surface area contributed by atoms with Crippen molar-refractivity contribution < 1.29 is 4.42 Å². The molecular weight excluding hydrogens is 198 g/mol. The Morgan fingerprint density at radius 3 is 2.31 bits per heavy atom. The molecule has 0 saturated carbocycles. The zero-order valence-electron chi connectivity index (χ0n) is 9.79. The predicted molar refractivity (Wildman–Crippen MR) is 66.6 cm³/mol. The fraction of sp³-hybridized carbons (Fsp3) is 0.286. The Labute approximate surface area is 96.3 Å². The first-order chi connectivity index (χ1) is 7.78. The van der Waals surface area contributed by atoms with E-state index in [9.17, 15) is 0 Å². The molecule has 1 heterocycles. The molecule has 0 aliphatic carbocycles. The van der Waals surface area contributed by atoms with Gasteiger partial charge < -0.3 is 9.73 Å². The van der Waals surface area contributed by atoms with Gasteiger partial charge in [-0.15, -0.1) is 0 Å². The van der Waals surface area contributed by atoms with Crippen molar-refractivity contribution in [2.75, 3.05) is 5.32 Å². The number of nitrogens with one attached hydrogen (secondary N) is 1. The largest absolute Gasteiger partial charge is 0.464 e. The Balaban J connectivity index is 1.94. The van der Waals surface area contributed by atoms with E-state index in [4.69, 9.17) is 4.42 Å². The lowest BCUT2D eigenvalue weighted by atomic mass is 10.2. The number of furan rings is 1. The number of benzene rings is 1. The molecule has 0 fully saturated rings. The van der Waals surface area contributed by atoms with Gasteiger partial charge in [0.1, 0.15) is 11.5 Å². The third-order valence-electron chi connectivity index (χ3n) is 2.58. The number of rotatable bonds is 4. The monoisotopic (exact) mass is 215 g/mol. The van der Waals surface area contributed by atoms with Crippen molar-refractivity contribution in [2.45, 2.75) is 26.8 Å². The van der Waals surface area contributed by atoms with E-state index in [1.165, 1.54) is 5.56 Å². The van der Waals surface area contributed by atoms with Crippen molar-refractivity contribution >= 4 is 5.69 Å². The second kappa shape index (κ2) is 4.88. The molecule has 0 aliphatic heterocycles. The number of hydrogen-bond acceptors (Lipinski definition) is 2. The summed E-state index contributed by atoms with van der Waals surface area (Å²) in [6.45, 7) is 4.92. The van der Waals surface area contributed by atoms with Crippen LogP contribution in [0.5, 0.6) is 0 Å². The highest BCUT2D eigenvalue weighted by atomic mass is 16.3. The van der Waals surface area contributed by atoms with Crippen LogP contribution >= 0.6 is 0 Å². The van der Waals surface area contributed by atoms with Crippen molar-refractivity contribution in [1.82, 2.24) is 0 Å². The highest BCUT2D eigenvalue weighted by Gasteiger charge is 1.99. The molecular formula is C14H17NO. The molecule has 0 radical (unpaired) electrons. The summed E-state index contributed by atoms with van der Waals surface area (Å²) in [5.74, 6) is 2.03. The average Bonchev–Trinajstić information content (AvgIpc) is 2.76.